The Morgan fingerprint density at radius 3 is 2.74 bits per heavy atom. The molecule has 2 rings (SSSR count). The molecule has 7 nitrogen and oxygen atoms in total. The molecule has 0 aromatic heterocycles. The Morgan fingerprint density at radius 2 is 2.00 bits per heavy atom. The zero-order chi connectivity index (χ0) is 16.8. The zero-order valence-electron chi connectivity index (χ0n) is 13.0. The van der Waals surface area contributed by atoms with Crippen molar-refractivity contribution in [1.29, 1.82) is 0 Å². The quantitative estimate of drug-likeness (QED) is 0.417. The molecule has 0 bridgehead atoms. The van der Waals surface area contributed by atoms with Crippen molar-refractivity contribution >= 4 is 23.4 Å². The number of nitrogens with zero attached hydrogens (tertiary/aromatic N) is 1. The number of fused-ring (bicyclic) bond motifs is 1. The van der Waals surface area contributed by atoms with Crippen molar-refractivity contribution in [2.45, 2.75) is 38.6 Å². The highest BCUT2D eigenvalue weighted by molar-refractivity contribution is 6.10. The Morgan fingerprint density at radius 1 is 1.26 bits per heavy atom. The van der Waals surface area contributed by atoms with Gasteiger partial charge in [0.05, 0.1) is 11.3 Å². The molecule has 1 aliphatic rings. The molecule has 0 saturated heterocycles. The molecule has 0 spiro atoms. The van der Waals surface area contributed by atoms with Crippen LogP contribution in [0.3, 0.4) is 0 Å². The van der Waals surface area contributed by atoms with Gasteiger partial charge < -0.3 is 10.2 Å². The lowest BCUT2D eigenvalue weighted by Gasteiger charge is -2.24. The molecule has 1 aliphatic heterocycles. The van der Waals surface area contributed by atoms with Gasteiger partial charge in [-0.15, -0.1) is 0 Å². The van der Waals surface area contributed by atoms with E-state index in [-0.39, 0.29) is 18.2 Å². The van der Waals surface area contributed by atoms with Crippen LogP contribution in [0.5, 0.6) is 0 Å². The Bertz CT molecular complexity index is 603. The van der Waals surface area contributed by atoms with Crippen molar-refractivity contribution in [1.82, 2.24) is 10.8 Å². The molecule has 1 aromatic rings. The molecule has 124 valence electrons. The highest BCUT2D eigenvalue weighted by Crippen LogP contribution is 2.24. The number of unbranched alkanes of at least 4 members (excludes halogenated alkanes) is 2. The summed E-state index contributed by atoms with van der Waals surface area (Å²) in [5.41, 5.74) is 2.70. The van der Waals surface area contributed by atoms with E-state index in [2.05, 4.69) is 5.32 Å². The first kappa shape index (κ1) is 17.0. The molecule has 0 fully saturated rings. The van der Waals surface area contributed by atoms with Gasteiger partial charge >= 0.3 is 0 Å². The molecule has 1 atom stereocenters. The predicted octanol–water partition coefficient (Wildman–Crippen LogP) is 1.22. The van der Waals surface area contributed by atoms with Gasteiger partial charge in [0.1, 0.15) is 6.04 Å². The summed E-state index contributed by atoms with van der Waals surface area (Å²) in [6.45, 7) is 2.15. The number of amides is 3. The van der Waals surface area contributed by atoms with Crippen LogP contribution in [-0.2, 0) is 9.59 Å². The van der Waals surface area contributed by atoms with E-state index in [0.717, 1.165) is 6.42 Å². The summed E-state index contributed by atoms with van der Waals surface area (Å²) in [5.74, 6) is -0.801. The standard InChI is InChI=1S/C16H21N3O4/c1-11-16(22)19(10-6-2-3-9-14(20)18-23)13-8-5-4-7-12(13)15(21)17-11/h4-5,7-8,11,23H,2-3,6,9-10H2,1H3,(H,17,21)(H,18,20)/t11-/m0/s1. The summed E-state index contributed by atoms with van der Waals surface area (Å²) in [4.78, 5) is 37.2. The SMILES string of the molecule is C[C@@H]1NC(=O)c2ccccc2N(CCCCCC(=O)NO)C1=O. The number of nitrogens with one attached hydrogen (secondary N) is 2. The molecule has 1 heterocycles. The maximum Gasteiger partial charge on any atom is 0.254 e. The van der Waals surface area contributed by atoms with Crippen LogP contribution in [0, 0.1) is 0 Å². The third-order valence-corrected chi connectivity index (χ3v) is 3.83. The summed E-state index contributed by atoms with van der Waals surface area (Å²) in [6, 6.07) is 6.46. The van der Waals surface area contributed by atoms with Gasteiger partial charge in [-0.3, -0.25) is 19.6 Å². The van der Waals surface area contributed by atoms with E-state index in [4.69, 9.17) is 5.21 Å². The van der Waals surface area contributed by atoms with Crippen molar-refractivity contribution in [3.8, 4) is 0 Å². The fourth-order valence-corrected chi connectivity index (χ4v) is 2.61. The van der Waals surface area contributed by atoms with Crippen LogP contribution in [0.15, 0.2) is 24.3 Å². The number of hydroxylamine groups is 1. The van der Waals surface area contributed by atoms with E-state index in [9.17, 15) is 14.4 Å². The second kappa shape index (κ2) is 7.73. The molecule has 3 amide bonds. The normalized spacial score (nSPS) is 17.3. The minimum atomic E-state index is -0.574. The zero-order valence-corrected chi connectivity index (χ0v) is 13.0. The summed E-state index contributed by atoms with van der Waals surface area (Å²) in [5, 5.41) is 11.1. The third-order valence-electron chi connectivity index (χ3n) is 3.83. The Labute approximate surface area is 134 Å². The molecular formula is C16H21N3O4. The van der Waals surface area contributed by atoms with Crippen LogP contribution in [0.1, 0.15) is 43.0 Å². The first-order valence-corrected chi connectivity index (χ1v) is 7.69. The fraction of sp³-hybridized carbons (Fsp3) is 0.438. The lowest BCUT2D eigenvalue weighted by molar-refractivity contribution is -0.129. The summed E-state index contributed by atoms with van der Waals surface area (Å²) >= 11 is 0. The van der Waals surface area contributed by atoms with E-state index in [1.807, 2.05) is 0 Å². The van der Waals surface area contributed by atoms with E-state index in [0.29, 0.717) is 30.6 Å². The molecule has 0 aliphatic carbocycles. The summed E-state index contributed by atoms with van der Waals surface area (Å²) < 4.78 is 0. The van der Waals surface area contributed by atoms with Crippen molar-refractivity contribution in [2.75, 3.05) is 11.4 Å². The van der Waals surface area contributed by atoms with E-state index in [1.165, 1.54) is 0 Å². The number of para-hydroxylation sites is 1. The van der Waals surface area contributed by atoms with Gasteiger partial charge in [-0.2, -0.15) is 0 Å². The average molecular weight is 319 g/mol. The minimum Gasteiger partial charge on any atom is -0.340 e. The third kappa shape index (κ3) is 4.07. The first-order valence-electron chi connectivity index (χ1n) is 7.69. The predicted molar refractivity (Wildman–Crippen MR) is 84.1 cm³/mol. The second-order valence-corrected chi connectivity index (χ2v) is 5.55. The number of anilines is 1. The number of hydrogen-bond acceptors (Lipinski definition) is 4. The van der Waals surface area contributed by atoms with Gasteiger partial charge in [0.2, 0.25) is 11.8 Å². The molecule has 1 aromatic carbocycles. The van der Waals surface area contributed by atoms with Crippen LogP contribution >= 0.6 is 0 Å². The Kier molecular flexibility index (Phi) is 5.70. The summed E-state index contributed by atoms with van der Waals surface area (Å²) in [7, 11) is 0. The van der Waals surface area contributed by atoms with Gasteiger partial charge in [-0.1, -0.05) is 18.6 Å². The van der Waals surface area contributed by atoms with Crippen LogP contribution in [-0.4, -0.2) is 35.5 Å². The maximum absolute atomic E-state index is 12.5. The Hall–Kier alpha value is -2.41. The molecule has 0 unspecified atom stereocenters. The molecular weight excluding hydrogens is 298 g/mol. The van der Waals surface area contributed by atoms with Crippen molar-refractivity contribution in [3.63, 3.8) is 0 Å². The van der Waals surface area contributed by atoms with Crippen molar-refractivity contribution in [2.24, 2.45) is 0 Å². The molecule has 3 N–H and O–H groups in total. The van der Waals surface area contributed by atoms with Gasteiger partial charge in [0.25, 0.3) is 5.91 Å². The number of carbonyl (C=O) groups is 3. The fourth-order valence-electron chi connectivity index (χ4n) is 2.61. The van der Waals surface area contributed by atoms with E-state index >= 15 is 0 Å². The first-order chi connectivity index (χ1) is 11.0. The highest BCUT2D eigenvalue weighted by Gasteiger charge is 2.30. The van der Waals surface area contributed by atoms with Gasteiger partial charge in [-0.05, 0) is 31.9 Å². The van der Waals surface area contributed by atoms with Crippen molar-refractivity contribution in [3.05, 3.63) is 29.8 Å². The van der Waals surface area contributed by atoms with Gasteiger partial charge in [0.15, 0.2) is 0 Å². The summed E-state index contributed by atoms with van der Waals surface area (Å²) in [6.07, 6.45) is 2.33. The van der Waals surface area contributed by atoms with Crippen LogP contribution in [0.25, 0.3) is 0 Å². The monoisotopic (exact) mass is 319 g/mol. The van der Waals surface area contributed by atoms with Crippen molar-refractivity contribution < 1.29 is 19.6 Å². The number of carbonyl (C=O) groups excluding carboxylic acids is 3. The molecule has 0 radical (unpaired) electrons. The number of hydrogen-bond donors (Lipinski definition) is 3. The van der Waals surface area contributed by atoms with Crippen LogP contribution in [0.2, 0.25) is 0 Å². The van der Waals surface area contributed by atoms with Crippen LogP contribution in [0.4, 0.5) is 5.69 Å². The minimum absolute atomic E-state index is 0.142. The topological polar surface area (TPSA) is 98.7 Å². The highest BCUT2D eigenvalue weighted by atomic mass is 16.5. The molecule has 7 heteroatoms. The lowest BCUT2D eigenvalue weighted by atomic mass is 10.1. The average Bonchev–Trinajstić information content (AvgIpc) is 2.64. The van der Waals surface area contributed by atoms with Gasteiger partial charge in [0, 0.05) is 13.0 Å². The number of rotatable bonds is 6. The molecule has 0 saturated carbocycles. The van der Waals surface area contributed by atoms with Crippen LogP contribution < -0.4 is 15.7 Å². The number of benzene rings is 1. The lowest BCUT2D eigenvalue weighted by Crippen LogP contribution is -2.44. The Balaban J connectivity index is 2.03. The maximum atomic E-state index is 12.5. The smallest absolute Gasteiger partial charge is 0.254 e. The van der Waals surface area contributed by atoms with E-state index in [1.54, 1.807) is 41.6 Å². The van der Waals surface area contributed by atoms with Gasteiger partial charge in [-0.25, -0.2) is 5.48 Å². The second-order valence-electron chi connectivity index (χ2n) is 5.55. The largest absolute Gasteiger partial charge is 0.340 e. The van der Waals surface area contributed by atoms with E-state index < -0.39 is 11.9 Å². The molecule has 23 heavy (non-hydrogen) atoms.